The van der Waals surface area contributed by atoms with Gasteiger partial charge in [-0.05, 0) is 43.2 Å². The Kier molecular flexibility index (Phi) is 3.58. The molecule has 6 heteroatoms. The molecule has 1 aromatic rings. The molecule has 28 heavy (non-hydrogen) atoms. The molecule has 4 aliphatic heterocycles. The minimum atomic E-state index is -0.627. The Morgan fingerprint density at radius 2 is 1.93 bits per heavy atom. The van der Waals surface area contributed by atoms with E-state index in [-0.39, 0.29) is 11.4 Å². The molecule has 1 atom stereocenters. The highest BCUT2D eigenvalue weighted by atomic mass is 16.5. The van der Waals surface area contributed by atoms with Gasteiger partial charge in [0, 0.05) is 18.0 Å². The number of aliphatic imine (C=N–C) groups is 2. The molecule has 2 spiro atoms. The quantitative estimate of drug-likeness (QED) is 0.816. The molecule has 5 rings (SSSR count). The van der Waals surface area contributed by atoms with Crippen molar-refractivity contribution < 1.29 is 14.2 Å². The van der Waals surface area contributed by atoms with Gasteiger partial charge in [-0.2, -0.15) is 0 Å². The van der Waals surface area contributed by atoms with Crippen LogP contribution in [-0.4, -0.2) is 37.7 Å². The minimum Gasteiger partial charge on any atom is -0.487 e. The number of nitrogens with two attached hydrogens (primary N) is 1. The van der Waals surface area contributed by atoms with Gasteiger partial charge in [-0.15, -0.1) is 0 Å². The summed E-state index contributed by atoms with van der Waals surface area (Å²) in [6.07, 6.45) is 11.5. The lowest BCUT2D eigenvalue weighted by Gasteiger charge is -2.61. The zero-order valence-corrected chi connectivity index (χ0v) is 16.0. The third kappa shape index (κ3) is 2.18. The van der Waals surface area contributed by atoms with Gasteiger partial charge in [-0.25, -0.2) is 4.99 Å². The Hall–Kier alpha value is -2.86. The Bertz CT molecular complexity index is 983. The van der Waals surface area contributed by atoms with Crippen molar-refractivity contribution in [3.8, 4) is 5.75 Å². The van der Waals surface area contributed by atoms with Gasteiger partial charge in [-0.3, -0.25) is 4.99 Å². The standard InChI is InChI=1S/C22H23N3O3/c1-20(2)21(12-26-13-21)22(14-27-19(23)25-22)17-10-15(7-8-18(17)28-20)16-6-4-3-5-9-24-11-16/h3-11H,12-14H2,1-2H3,(H2,23,25)/b4-3+,5-3?,6-4?,9-5+,16-6+,16-11?,24-9?,24-11-. The maximum absolute atomic E-state index is 6.46. The molecule has 144 valence electrons. The minimum absolute atomic E-state index is 0.222. The van der Waals surface area contributed by atoms with Crippen LogP contribution in [-0.2, 0) is 15.0 Å². The number of ether oxygens (including phenoxy) is 3. The first-order valence-corrected chi connectivity index (χ1v) is 9.44. The van der Waals surface area contributed by atoms with Gasteiger partial charge >= 0.3 is 0 Å². The molecule has 4 aliphatic rings. The van der Waals surface area contributed by atoms with Crippen molar-refractivity contribution in [3.05, 3.63) is 59.8 Å². The van der Waals surface area contributed by atoms with Crippen LogP contribution in [0.5, 0.6) is 5.75 Å². The summed E-state index contributed by atoms with van der Waals surface area (Å²) in [5.41, 5.74) is 7.62. The van der Waals surface area contributed by atoms with Crippen LogP contribution in [0.25, 0.3) is 5.57 Å². The van der Waals surface area contributed by atoms with Crippen molar-refractivity contribution in [2.75, 3.05) is 19.8 Å². The predicted octanol–water partition coefficient (Wildman–Crippen LogP) is 2.95. The number of benzene rings is 1. The number of hydrogen-bond donors (Lipinski definition) is 1. The first kappa shape index (κ1) is 17.3. The van der Waals surface area contributed by atoms with Crippen molar-refractivity contribution in [1.29, 1.82) is 0 Å². The lowest BCUT2D eigenvalue weighted by molar-refractivity contribution is -0.247. The van der Waals surface area contributed by atoms with Crippen LogP contribution >= 0.6 is 0 Å². The van der Waals surface area contributed by atoms with E-state index in [4.69, 9.17) is 24.9 Å². The molecule has 0 amide bonds. The summed E-state index contributed by atoms with van der Waals surface area (Å²) in [6, 6.07) is 6.42. The molecule has 0 aliphatic carbocycles. The van der Waals surface area contributed by atoms with Gasteiger partial charge in [-0.1, -0.05) is 24.3 Å². The molecule has 0 saturated carbocycles. The SMILES string of the molecule is CC1(C)Oc2ccc(C3=C/C=C/C=C/N=C\3)cc2C2(COC(N)=N2)C12COC2. The van der Waals surface area contributed by atoms with E-state index in [1.807, 2.05) is 36.6 Å². The van der Waals surface area contributed by atoms with E-state index >= 15 is 0 Å². The third-order valence-electron chi connectivity index (χ3n) is 6.38. The maximum atomic E-state index is 6.46. The molecule has 1 saturated heterocycles. The molecular formula is C22H23N3O3. The molecule has 0 bridgehead atoms. The van der Waals surface area contributed by atoms with E-state index < -0.39 is 11.1 Å². The van der Waals surface area contributed by atoms with Crippen LogP contribution in [0.1, 0.15) is 25.0 Å². The number of hydrogen-bond acceptors (Lipinski definition) is 6. The molecule has 2 N–H and O–H groups in total. The fourth-order valence-electron chi connectivity index (χ4n) is 4.62. The molecule has 0 radical (unpaired) electrons. The van der Waals surface area contributed by atoms with Crippen LogP contribution in [0.4, 0.5) is 0 Å². The average molecular weight is 377 g/mol. The van der Waals surface area contributed by atoms with Crippen LogP contribution < -0.4 is 10.5 Å². The van der Waals surface area contributed by atoms with Crippen molar-refractivity contribution in [3.63, 3.8) is 0 Å². The summed E-state index contributed by atoms with van der Waals surface area (Å²) in [5, 5.41) is 0. The normalized spacial score (nSPS) is 33.8. The summed E-state index contributed by atoms with van der Waals surface area (Å²) in [6.45, 7) is 5.70. The van der Waals surface area contributed by atoms with Crippen LogP contribution in [0.15, 0.2) is 58.7 Å². The largest absolute Gasteiger partial charge is 0.487 e. The Morgan fingerprint density at radius 3 is 2.64 bits per heavy atom. The van der Waals surface area contributed by atoms with Gasteiger partial charge in [0.15, 0.2) is 0 Å². The van der Waals surface area contributed by atoms with Crippen molar-refractivity contribution in [1.82, 2.24) is 0 Å². The fraction of sp³-hybridized carbons (Fsp3) is 0.364. The molecule has 0 aromatic heterocycles. The zero-order chi connectivity index (χ0) is 19.4. The highest BCUT2D eigenvalue weighted by Gasteiger charge is 2.71. The van der Waals surface area contributed by atoms with E-state index in [2.05, 4.69) is 31.0 Å². The lowest BCUT2D eigenvalue weighted by Crippen LogP contribution is -2.71. The number of nitrogens with zero attached hydrogens (tertiary/aromatic N) is 2. The number of allylic oxidation sites excluding steroid dienone is 5. The van der Waals surface area contributed by atoms with Gasteiger partial charge in [0.1, 0.15) is 23.5 Å². The second-order valence-electron chi connectivity index (χ2n) is 8.12. The molecule has 1 fully saturated rings. The highest BCUT2D eigenvalue weighted by molar-refractivity contribution is 6.10. The highest BCUT2D eigenvalue weighted by Crippen LogP contribution is 2.62. The monoisotopic (exact) mass is 377 g/mol. The first-order chi connectivity index (χ1) is 13.5. The smallest absolute Gasteiger partial charge is 0.283 e. The average Bonchev–Trinajstić information content (AvgIpc) is 2.95. The summed E-state index contributed by atoms with van der Waals surface area (Å²) in [4.78, 5) is 9.18. The Morgan fingerprint density at radius 1 is 1.07 bits per heavy atom. The topological polar surface area (TPSA) is 78.4 Å². The van der Waals surface area contributed by atoms with Gasteiger partial charge < -0.3 is 19.9 Å². The third-order valence-corrected chi connectivity index (χ3v) is 6.38. The number of rotatable bonds is 1. The van der Waals surface area contributed by atoms with Crippen molar-refractivity contribution in [2.24, 2.45) is 21.1 Å². The Labute approximate surface area is 164 Å². The summed E-state index contributed by atoms with van der Waals surface area (Å²) in [5.74, 6) is 0.812. The fourth-order valence-corrected chi connectivity index (χ4v) is 4.62. The lowest BCUT2D eigenvalue weighted by atomic mass is 9.55. The molecule has 6 nitrogen and oxygen atoms in total. The van der Waals surface area contributed by atoms with Crippen molar-refractivity contribution in [2.45, 2.75) is 25.0 Å². The summed E-state index contributed by atoms with van der Waals surface area (Å²) >= 11 is 0. The van der Waals surface area contributed by atoms with E-state index in [9.17, 15) is 0 Å². The molecule has 1 unspecified atom stereocenters. The zero-order valence-electron chi connectivity index (χ0n) is 16.0. The van der Waals surface area contributed by atoms with Gasteiger partial charge in [0.2, 0.25) is 0 Å². The van der Waals surface area contributed by atoms with Crippen LogP contribution in [0, 0.1) is 5.41 Å². The van der Waals surface area contributed by atoms with Crippen LogP contribution in [0.3, 0.4) is 0 Å². The Balaban J connectivity index is 1.70. The molecular weight excluding hydrogens is 354 g/mol. The van der Waals surface area contributed by atoms with Gasteiger partial charge in [0.05, 0.1) is 18.6 Å². The predicted molar refractivity (Wildman–Crippen MR) is 108 cm³/mol. The van der Waals surface area contributed by atoms with E-state index in [0.717, 1.165) is 22.4 Å². The maximum Gasteiger partial charge on any atom is 0.283 e. The molecule has 4 heterocycles. The summed E-state index contributed by atoms with van der Waals surface area (Å²) in [7, 11) is 0. The van der Waals surface area contributed by atoms with Gasteiger partial charge in [0.25, 0.3) is 6.02 Å². The summed E-state index contributed by atoms with van der Waals surface area (Å²) < 4.78 is 17.8. The van der Waals surface area contributed by atoms with Crippen LogP contribution in [0.2, 0.25) is 0 Å². The van der Waals surface area contributed by atoms with Crippen molar-refractivity contribution >= 4 is 17.8 Å². The number of amidine groups is 1. The first-order valence-electron chi connectivity index (χ1n) is 9.44. The second-order valence-corrected chi connectivity index (χ2v) is 8.12. The number of fused-ring (bicyclic) bond motifs is 3. The van der Waals surface area contributed by atoms with E-state index in [1.165, 1.54) is 0 Å². The molecule has 1 aromatic carbocycles. The van der Waals surface area contributed by atoms with E-state index in [1.54, 1.807) is 6.20 Å². The second kappa shape index (κ2) is 5.82. The van der Waals surface area contributed by atoms with E-state index in [0.29, 0.717) is 19.8 Å².